The normalized spacial score (nSPS) is 10.9. The Labute approximate surface area is 118 Å². The Morgan fingerprint density at radius 2 is 2.21 bits per heavy atom. The lowest BCUT2D eigenvalue weighted by Crippen LogP contribution is -2.19. The fraction of sp³-hybridized carbons (Fsp3) is 0.400. The molecule has 0 radical (unpaired) electrons. The molecule has 0 atom stereocenters. The van der Waals surface area contributed by atoms with E-state index in [4.69, 9.17) is 4.74 Å². The molecule has 102 valence electrons. The van der Waals surface area contributed by atoms with Crippen molar-refractivity contribution < 1.29 is 4.74 Å². The molecule has 0 aliphatic carbocycles. The van der Waals surface area contributed by atoms with E-state index >= 15 is 0 Å². The Bertz CT molecular complexity index is 465. The van der Waals surface area contributed by atoms with Gasteiger partial charge in [0.05, 0.1) is 11.9 Å². The SMILES string of the molecule is CC(C)CNCc1ccc(OCc2cccs2)cn1. The highest BCUT2D eigenvalue weighted by molar-refractivity contribution is 7.09. The van der Waals surface area contributed by atoms with Crippen molar-refractivity contribution in [1.82, 2.24) is 10.3 Å². The van der Waals surface area contributed by atoms with E-state index < -0.39 is 0 Å². The molecule has 0 spiro atoms. The number of aromatic nitrogens is 1. The van der Waals surface area contributed by atoms with Crippen LogP contribution >= 0.6 is 11.3 Å². The topological polar surface area (TPSA) is 34.1 Å². The predicted molar refractivity (Wildman–Crippen MR) is 79.4 cm³/mol. The summed E-state index contributed by atoms with van der Waals surface area (Å²) in [5, 5.41) is 5.43. The van der Waals surface area contributed by atoms with E-state index in [1.165, 1.54) is 4.88 Å². The second kappa shape index (κ2) is 7.26. The van der Waals surface area contributed by atoms with Crippen LogP contribution in [0.3, 0.4) is 0 Å². The zero-order valence-corrected chi connectivity index (χ0v) is 12.2. The first-order chi connectivity index (χ1) is 9.24. The van der Waals surface area contributed by atoms with Gasteiger partial charge in [-0.15, -0.1) is 11.3 Å². The van der Waals surface area contributed by atoms with Gasteiger partial charge >= 0.3 is 0 Å². The zero-order chi connectivity index (χ0) is 13.5. The first-order valence-electron chi connectivity index (χ1n) is 6.55. The van der Waals surface area contributed by atoms with Crippen LogP contribution < -0.4 is 10.1 Å². The standard InChI is InChI=1S/C15H20N2OS/c1-12(2)8-16-9-13-5-6-14(10-17-13)18-11-15-4-3-7-19-15/h3-7,10,12,16H,8-9,11H2,1-2H3. The molecule has 2 aromatic rings. The van der Waals surface area contributed by atoms with Crippen molar-refractivity contribution in [3.63, 3.8) is 0 Å². The third kappa shape index (κ3) is 5.01. The molecule has 2 rings (SSSR count). The molecule has 0 aromatic carbocycles. The van der Waals surface area contributed by atoms with Gasteiger partial charge in [-0.1, -0.05) is 19.9 Å². The number of hydrogen-bond acceptors (Lipinski definition) is 4. The molecular formula is C15H20N2OS. The summed E-state index contributed by atoms with van der Waals surface area (Å²) in [6.45, 7) is 6.83. The summed E-state index contributed by atoms with van der Waals surface area (Å²) in [4.78, 5) is 5.62. The van der Waals surface area contributed by atoms with E-state index in [0.717, 1.165) is 24.5 Å². The third-order valence-electron chi connectivity index (χ3n) is 2.62. The number of rotatable bonds is 7. The Morgan fingerprint density at radius 3 is 2.84 bits per heavy atom. The van der Waals surface area contributed by atoms with Crippen LogP contribution in [-0.4, -0.2) is 11.5 Å². The third-order valence-corrected chi connectivity index (χ3v) is 3.47. The number of pyridine rings is 1. The molecule has 0 unspecified atom stereocenters. The first kappa shape index (κ1) is 14.0. The molecule has 3 nitrogen and oxygen atoms in total. The van der Waals surface area contributed by atoms with Crippen molar-refractivity contribution in [2.75, 3.05) is 6.54 Å². The molecule has 0 fully saturated rings. The van der Waals surface area contributed by atoms with Crippen LogP contribution in [0.5, 0.6) is 5.75 Å². The number of nitrogens with one attached hydrogen (secondary N) is 1. The number of ether oxygens (including phenoxy) is 1. The van der Waals surface area contributed by atoms with Crippen LogP contribution in [0.25, 0.3) is 0 Å². The molecule has 4 heteroatoms. The molecule has 2 aromatic heterocycles. The van der Waals surface area contributed by atoms with Gasteiger partial charge in [-0.25, -0.2) is 0 Å². The second-order valence-electron chi connectivity index (χ2n) is 4.88. The molecule has 1 N–H and O–H groups in total. The summed E-state index contributed by atoms with van der Waals surface area (Å²) in [5.41, 5.74) is 1.05. The molecule has 0 aliphatic heterocycles. The average molecular weight is 276 g/mol. The monoisotopic (exact) mass is 276 g/mol. The van der Waals surface area contributed by atoms with Crippen LogP contribution in [0.15, 0.2) is 35.8 Å². The lowest BCUT2D eigenvalue weighted by molar-refractivity contribution is 0.308. The fourth-order valence-electron chi connectivity index (χ4n) is 1.64. The van der Waals surface area contributed by atoms with Crippen molar-refractivity contribution in [3.8, 4) is 5.75 Å². The van der Waals surface area contributed by atoms with Crippen LogP contribution in [-0.2, 0) is 13.2 Å². The van der Waals surface area contributed by atoms with Gasteiger partial charge in [0, 0.05) is 11.4 Å². The maximum Gasteiger partial charge on any atom is 0.138 e. The molecule has 0 saturated carbocycles. The first-order valence-corrected chi connectivity index (χ1v) is 7.43. The molecule has 0 saturated heterocycles. The van der Waals surface area contributed by atoms with Crippen molar-refractivity contribution in [2.24, 2.45) is 5.92 Å². The van der Waals surface area contributed by atoms with Gasteiger partial charge < -0.3 is 10.1 Å². The van der Waals surface area contributed by atoms with Gasteiger partial charge in [0.2, 0.25) is 0 Å². The average Bonchev–Trinajstić information content (AvgIpc) is 2.90. The quantitative estimate of drug-likeness (QED) is 0.841. The van der Waals surface area contributed by atoms with E-state index in [1.54, 1.807) is 17.5 Å². The minimum Gasteiger partial charge on any atom is -0.486 e. The van der Waals surface area contributed by atoms with Crippen LogP contribution in [0.1, 0.15) is 24.4 Å². The van der Waals surface area contributed by atoms with Crippen molar-refractivity contribution >= 4 is 11.3 Å². The lowest BCUT2D eigenvalue weighted by atomic mass is 10.2. The maximum atomic E-state index is 5.68. The van der Waals surface area contributed by atoms with E-state index in [9.17, 15) is 0 Å². The zero-order valence-electron chi connectivity index (χ0n) is 11.4. The van der Waals surface area contributed by atoms with Gasteiger partial charge in [-0.2, -0.15) is 0 Å². The summed E-state index contributed by atoms with van der Waals surface area (Å²) < 4.78 is 5.68. The number of thiophene rings is 1. The number of hydrogen-bond donors (Lipinski definition) is 1. The summed E-state index contributed by atoms with van der Waals surface area (Å²) >= 11 is 1.70. The molecule has 0 aliphatic rings. The predicted octanol–water partition coefficient (Wildman–Crippen LogP) is 3.47. The van der Waals surface area contributed by atoms with Crippen molar-refractivity contribution in [3.05, 3.63) is 46.4 Å². The second-order valence-corrected chi connectivity index (χ2v) is 5.91. The number of nitrogens with zero attached hydrogens (tertiary/aromatic N) is 1. The summed E-state index contributed by atoms with van der Waals surface area (Å²) in [6, 6.07) is 8.09. The van der Waals surface area contributed by atoms with Crippen LogP contribution in [0.4, 0.5) is 0 Å². The minimum absolute atomic E-state index is 0.615. The van der Waals surface area contributed by atoms with E-state index in [0.29, 0.717) is 12.5 Å². The summed E-state index contributed by atoms with van der Waals surface area (Å²) in [6.07, 6.45) is 1.79. The van der Waals surface area contributed by atoms with E-state index in [-0.39, 0.29) is 0 Å². The fourth-order valence-corrected chi connectivity index (χ4v) is 2.25. The molecular weight excluding hydrogens is 256 g/mol. The van der Waals surface area contributed by atoms with Gasteiger partial charge in [-0.3, -0.25) is 4.98 Å². The van der Waals surface area contributed by atoms with Crippen LogP contribution in [0, 0.1) is 5.92 Å². The molecule has 0 amide bonds. The van der Waals surface area contributed by atoms with E-state index in [1.807, 2.05) is 18.2 Å². The molecule has 2 heterocycles. The Hall–Kier alpha value is -1.39. The van der Waals surface area contributed by atoms with Crippen molar-refractivity contribution in [1.29, 1.82) is 0 Å². The minimum atomic E-state index is 0.615. The lowest BCUT2D eigenvalue weighted by Gasteiger charge is -2.08. The molecule has 19 heavy (non-hydrogen) atoms. The smallest absolute Gasteiger partial charge is 0.138 e. The van der Waals surface area contributed by atoms with Gasteiger partial charge in [-0.05, 0) is 36.0 Å². The van der Waals surface area contributed by atoms with Crippen molar-refractivity contribution in [2.45, 2.75) is 27.0 Å². The highest BCUT2D eigenvalue weighted by Crippen LogP contribution is 2.14. The summed E-state index contributed by atoms with van der Waals surface area (Å²) in [5.74, 6) is 1.48. The highest BCUT2D eigenvalue weighted by atomic mass is 32.1. The van der Waals surface area contributed by atoms with E-state index in [2.05, 4.69) is 35.6 Å². The highest BCUT2D eigenvalue weighted by Gasteiger charge is 1.99. The Kier molecular flexibility index (Phi) is 5.36. The maximum absolute atomic E-state index is 5.68. The summed E-state index contributed by atoms with van der Waals surface area (Å²) in [7, 11) is 0. The van der Waals surface area contributed by atoms with Crippen LogP contribution in [0.2, 0.25) is 0 Å². The van der Waals surface area contributed by atoms with Gasteiger partial charge in [0.15, 0.2) is 0 Å². The van der Waals surface area contributed by atoms with Gasteiger partial charge in [0.1, 0.15) is 12.4 Å². The largest absolute Gasteiger partial charge is 0.486 e. The Morgan fingerprint density at radius 1 is 1.32 bits per heavy atom. The Balaban J connectivity index is 1.77. The molecule has 0 bridgehead atoms. The van der Waals surface area contributed by atoms with Gasteiger partial charge in [0.25, 0.3) is 0 Å².